The van der Waals surface area contributed by atoms with Crippen molar-refractivity contribution in [3.05, 3.63) is 60.1 Å². The summed E-state index contributed by atoms with van der Waals surface area (Å²) in [5.41, 5.74) is 3.15. The van der Waals surface area contributed by atoms with Crippen molar-refractivity contribution in [2.24, 2.45) is 0 Å². The van der Waals surface area contributed by atoms with Crippen molar-refractivity contribution < 1.29 is 13.7 Å². The molecule has 4 aromatic rings. The normalized spacial score (nSPS) is 11.8. The predicted octanol–water partition coefficient (Wildman–Crippen LogP) is 4.89. The summed E-state index contributed by atoms with van der Waals surface area (Å²) in [6, 6.07) is 16.5. The van der Waals surface area contributed by atoms with E-state index in [2.05, 4.69) is 59.4 Å². The van der Waals surface area contributed by atoms with E-state index in [9.17, 15) is 0 Å². The number of aromatic nitrogens is 2. The van der Waals surface area contributed by atoms with E-state index < -0.39 is 0 Å². The summed E-state index contributed by atoms with van der Waals surface area (Å²) in [5.74, 6) is 1.75. The maximum absolute atomic E-state index is 6.07. The Morgan fingerprint density at radius 2 is 1.73 bits per heavy atom. The Morgan fingerprint density at radius 3 is 2.46 bits per heavy atom. The highest BCUT2D eigenvalue weighted by Gasteiger charge is 2.19. The lowest BCUT2D eigenvalue weighted by atomic mass is 10.2. The molecular formula is C22H23N2O2+. The molecule has 2 heterocycles. The molecule has 0 unspecified atom stereocenters. The van der Waals surface area contributed by atoms with E-state index in [0.29, 0.717) is 0 Å². The maximum atomic E-state index is 6.07. The van der Waals surface area contributed by atoms with Gasteiger partial charge in [0.25, 0.3) is 5.52 Å². The number of fused-ring (bicyclic) bond motifs is 2. The van der Waals surface area contributed by atoms with Gasteiger partial charge >= 0.3 is 5.89 Å². The molecule has 0 aliphatic heterocycles. The highest BCUT2D eigenvalue weighted by atomic mass is 16.5. The van der Waals surface area contributed by atoms with Gasteiger partial charge in [-0.05, 0) is 32.1 Å². The highest BCUT2D eigenvalue weighted by Crippen LogP contribution is 2.33. The third kappa shape index (κ3) is 2.49. The Kier molecular flexibility index (Phi) is 4.25. The molecule has 2 aromatic carbocycles. The second kappa shape index (κ2) is 6.71. The summed E-state index contributed by atoms with van der Waals surface area (Å²) in [7, 11) is 1.73. The second-order valence-corrected chi connectivity index (χ2v) is 6.17. The van der Waals surface area contributed by atoms with Crippen molar-refractivity contribution in [3.63, 3.8) is 0 Å². The Morgan fingerprint density at radius 1 is 1.00 bits per heavy atom. The Hall–Kier alpha value is -3.01. The highest BCUT2D eigenvalue weighted by molar-refractivity contribution is 5.96. The summed E-state index contributed by atoms with van der Waals surface area (Å²) in [6.45, 7) is 5.96. The van der Waals surface area contributed by atoms with Crippen molar-refractivity contribution in [3.8, 4) is 5.88 Å². The number of hydrogen-bond acceptors (Lipinski definition) is 2. The molecule has 0 aliphatic carbocycles. The molecule has 132 valence electrons. The quantitative estimate of drug-likeness (QED) is 0.481. The van der Waals surface area contributed by atoms with Crippen LogP contribution in [-0.2, 0) is 13.1 Å². The molecule has 0 fully saturated rings. The van der Waals surface area contributed by atoms with Crippen molar-refractivity contribution in [1.29, 1.82) is 0 Å². The van der Waals surface area contributed by atoms with Gasteiger partial charge in [0.1, 0.15) is 6.54 Å². The van der Waals surface area contributed by atoms with Crippen molar-refractivity contribution in [2.45, 2.75) is 26.9 Å². The van der Waals surface area contributed by atoms with Gasteiger partial charge in [-0.2, -0.15) is 4.57 Å². The van der Waals surface area contributed by atoms with Crippen LogP contribution in [0.15, 0.2) is 52.9 Å². The molecule has 0 radical (unpaired) electrons. The molecule has 4 rings (SSSR count). The van der Waals surface area contributed by atoms with Crippen LogP contribution in [0.4, 0.5) is 0 Å². The van der Waals surface area contributed by atoms with Crippen LogP contribution in [-0.4, -0.2) is 11.7 Å². The molecule has 4 nitrogen and oxygen atoms in total. The first kappa shape index (κ1) is 16.5. The number of aryl methyl sites for hydroxylation is 1. The summed E-state index contributed by atoms with van der Waals surface area (Å²) >= 11 is 0. The van der Waals surface area contributed by atoms with Crippen LogP contribution in [0.25, 0.3) is 34.0 Å². The predicted molar refractivity (Wildman–Crippen MR) is 105 cm³/mol. The van der Waals surface area contributed by atoms with Crippen LogP contribution in [0.3, 0.4) is 0 Å². The van der Waals surface area contributed by atoms with Crippen molar-refractivity contribution >= 4 is 34.0 Å². The molecule has 0 atom stereocenters. The van der Waals surface area contributed by atoms with E-state index in [1.54, 1.807) is 7.11 Å². The van der Waals surface area contributed by atoms with Gasteiger partial charge in [-0.25, -0.2) is 0 Å². The first-order chi connectivity index (χ1) is 12.8. The van der Waals surface area contributed by atoms with E-state index in [4.69, 9.17) is 9.15 Å². The van der Waals surface area contributed by atoms with Gasteiger partial charge in [0.2, 0.25) is 11.5 Å². The maximum Gasteiger partial charge on any atom is 0.374 e. The topological polar surface area (TPSA) is 31.2 Å². The molecule has 2 aromatic heterocycles. The van der Waals surface area contributed by atoms with Crippen LogP contribution in [0.2, 0.25) is 0 Å². The minimum atomic E-state index is 0.839. The molecule has 26 heavy (non-hydrogen) atoms. The zero-order chi connectivity index (χ0) is 18.1. The van der Waals surface area contributed by atoms with E-state index in [0.717, 1.165) is 47.0 Å². The van der Waals surface area contributed by atoms with Crippen LogP contribution in [0.1, 0.15) is 25.4 Å². The molecule has 0 bridgehead atoms. The van der Waals surface area contributed by atoms with E-state index in [1.165, 1.54) is 5.39 Å². The Bertz CT molecular complexity index is 1100. The fourth-order valence-corrected chi connectivity index (χ4v) is 3.66. The zero-order valence-electron chi connectivity index (χ0n) is 15.4. The third-order valence-corrected chi connectivity index (χ3v) is 4.82. The van der Waals surface area contributed by atoms with Crippen molar-refractivity contribution in [2.75, 3.05) is 7.11 Å². The van der Waals surface area contributed by atoms with Gasteiger partial charge in [-0.15, -0.1) is 0 Å². The fourth-order valence-electron chi connectivity index (χ4n) is 3.66. The summed E-state index contributed by atoms with van der Waals surface area (Å²) < 4.78 is 16.1. The average molecular weight is 347 g/mol. The van der Waals surface area contributed by atoms with Gasteiger partial charge in [-0.1, -0.05) is 30.3 Å². The lowest BCUT2D eigenvalue weighted by molar-refractivity contribution is -0.674. The van der Waals surface area contributed by atoms with Gasteiger partial charge in [0.05, 0.1) is 18.9 Å². The SMILES string of the molecule is CCn1c(/C=C/c2oc3ccccc3[n+]2CC)c2ccccc2c1OC. The molecule has 0 spiro atoms. The minimum absolute atomic E-state index is 0.839. The number of para-hydroxylation sites is 2. The number of rotatable bonds is 5. The molecule has 0 saturated carbocycles. The Balaban J connectivity index is 1.88. The summed E-state index contributed by atoms with van der Waals surface area (Å²) in [4.78, 5) is 0. The monoisotopic (exact) mass is 347 g/mol. The third-order valence-electron chi connectivity index (χ3n) is 4.82. The summed E-state index contributed by atoms with van der Waals surface area (Å²) in [6.07, 6.45) is 4.18. The standard InChI is InChI=1S/C22H23N2O2/c1-4-23-19-12-8-9-13-20(19)26-21(23)15-14-18-16-10-6-7-11-17(16)22(25-3)24(18)5-2/h6-15H,4-5H2,1-3H3/q+1. The second-order valence-electron chi connectivity index (χ2n) is 6.17. The summed E-state index contributed by atoms with van der Waals surface area (Å²) in [5, 5.41) is 2.31. The Labute approximate surface area is 152 Å². The number of benzene rings is 2. The van der Waals surface area contributed by atoms with Crippen LogP contribution >= 0.6 is 0 Å². The average Bonchev–Trinajstić information content (AvgIpc) is 3.20. The fraction of sp³-hybridized carbons (Fsp3) is 0.227. The van der Waals surface area contributed by atoms with Crippen LogP contribution < -0.4 is 9.30 Å². The molecule has 0 aliphatic rings. The van der Waals surface area contributed by atoms with Crippen LogP contribution in [0, 0.1) is 0 Å². The first-order valence-corrected chi connectivity index (χ1v) is 9.03. The number of oxazole rings is 1. The lowest BCUT2D eigenvalue weighted by Gasteiger charge is -2.07. The lowest BCUT2D eigenvalue weighted by Crippen LogP contribution is -2.33. The van der Waals surface area contributed by atoms with Gasteiger partial charge in [0.15, 0.2) is 0 Å². The molecule has 4 heteroatoms. The van der Waals surface area contributed by atoms with Gasteiger partial charge < -0.3 is 13.7 Å². The van der Waals surface area contributed by atoms with E-state index in [-0.39, 0.29) is 0 Å². The van der Waals surface area contributed by atoms with Gasteiger partial charge in [-0.3, -0.25) is 0 Å². The number of nitrogens with zero attached hydrogens (tertiary/aromatic N) is 2. The minimum Gasteiger partial charge on any atom is -0.482 e. The largest absolute Gasteiger partial charge is 0.482 e. The molecule has 0 saturated heterocycles. The van der Waals surface area contributed by atoms with Crippen LogP contribution in [0.5, 0.6) is 5.88 Å². The zero-order valence-corrected chi connectivity index (χ0v) is 15.4. The number of methoxy groups -OCH3 is 1. The number of ether oxygens (including phenoxy) is 1. The smallest absolute Gasteiger partial charge is 0.374 e. The van der Waals surface area contributed by atoms with Crippen molar-refractivity contribution in [1.82, 2.24) is 4.57 Å². The molecule has 0 N–H and O–H groups in total. The molecule has 0 amide bonds. The number of hydrogen-bond donors (Lipinski definition) is 0. The first-order valence-electron chi connectivity index (χ1n) is 9.03. The molecular weight excluding hydrogens is 324 g/mol. The van der Waals surface area contributed by atoms with E-state index >= 15 is 0 Å². The van der Waals surface area contributed by atoms with Gasteiger partial charge in [0, 0.05) is 23.4 Å². The van der Waals surface area contributed by atoms with E-state index in [1.807, 2.05) is 24.3 Å².